The van der Waals surface area contributed by atoms with Gasteiger partial charge in [-0.1, -0.05) is 60.7 Å². The van der Waals surface area contributed by atoms with Crippen LogP contribution >= 0.6 is 0 Å². The summed E-state index contributed by atoms with van der Waals surface area (Å²) < 4.78 is 26.9. The van der Waals surface area contributed by atoms with Crippen molar-refractivity contribution in [1.29, 1.82) is 0 Å². The Hall–Kier alpha value is -1.79. The second-order valence-electron chi connectivity index (χ2n) is 6.59. The smallest absolute Gasteiger partial charge is 0.147 e. The molecule has 0 unspecified atom stereocenters. The van der Waals surface area contributed by atoms with Gasteiger partial charge in [-0.15, -0.1) is 0 Å². The Morgan fingerprint density at radius 3 is 2.04 bits per heavy atom. The van der Waals surface area contributed by atoms with Gasteiger partial charge in [0.05, 0.1) is 32.0 Å². The van der Waals surface area contributed by atoms with E-state index in [0.29, 0.717) is 19.8 Å². The highest BCUT2D eigenvalue weighted by Gasteiger charge is 2.55. The van der Waals surface area contributed by atoms with Gasteiger partial charge in [-0.05, 0) is 11.1 Å². The third-order valence-corrected chi connectivity index (χ3v) is 4.93. The minimum absolute atomic E-state index is 0.0421. The predicted octanol–water partition coefficient (Wildman–Crippen LogP) is 3.03. The van der Waals surface area contributed by atoms with E-state index in [0.717, 1.165) is 11.1 Å². The maximum absolute atomic E-state index is 14.9. The number of hydrogen-bond acceptors (Lipinski definition) is 4. The number of hydrogen-bond donors (Lipinski definition) is 1. The molecule has 1 aliphatic carbocycles. The van der Waals surface area contributed by atoms with E-state index in [4.69, 9.17) is 14.3 Å². The molecule has 0 spiro atoms. The first-order valence-corrected chi connectivity index (χ1v) is 8.65. The average molecular weight is 343 g/mol. The Kier molecular flexibility index (Phi) is 5.08. The van der Waals surface area contributed by atoms with E-state index < -0.39 is 12.3 Å². The Morgan fingerprint density at radius 1 is 0.880 bits per heavy atom. The van der Waals surface area contributed by atoms with E-state index in [2.05, 4.69) is 5.48 Å². The first-order chi connectivity index (χ1) is 12.3. The number of hydroxylamine groups is 1. The van der Waals surface area contributed by atoms with E-state index in [-0.39, 0.29) is 18.1 Å². The molecule has 5 heteroatoms. The lowest BCUT2D eigenvalue weighted by atomic mass is 10.0. The summed E-state index contributed by atoms with van der Waals surface area (Å²) in [6.45, 7) is 1.25. The number of fused-ring (bicyclic) bond motifs is 1. The van der Waals surface area contributed by atoms with Gasteiger partial charge in [0.2, 0.25) is 0 Å². The zero-order chi connectivity index (χ0) is 17.1. The lowest BCUT2D eigenvalue weighted by Crippen LogP contribution is -2.37. The SMILES string of the molecule is F[C@H]1[C@@H]2NOC[C@@H]2[C@@H](OCc2ccccc2)[C@@H]1OCc1ccccc1. The normalized spacial score (nSPS) is 31.2. The molecule has 1 aliphatic heterocycles. The molecule has 0 radical (unpaired) electrons. The monoisotopic (exact) mass is 343 g/mol. The first-order valence-electron chi connectivity index (χ1n) is 8.65. The van der Waals surface area contributed by atoms with Crippen LogP contribution in [-0.4, -0.2) is 31.0 Å². The number of alkyl halides is 1. The van der Waals surface area contributed by atoms with Crippen LogP contribution in [0.2, 0.25) is 0 Å². The van der Waals surface area contributed by atoms with Gasteiger partial charge >= 0.3 is 0 Å². The van der Waals surface area contributed by atoms with Crippen molar-refractivity contribution in [3.63, 3.8) is 0 Å². The fraction of sp³-hybridized carbons (Fsp3) is 0.400. The molecule has 4 nitrogen and oxygen atoms in total. The Labute approximate surface area is 146 Å². The number of rotatable bonds is 6. The van der Waals surface area contributed by atoms with Crippen LogP contribution in [0.5, 0.6) is 0 Å². The van der Waals surface area contributed by atoms with Crippen LogP contribution in [0.25, 0.3) is 0 Å². The van der Waals surface area contributed by atoms with Gasteiger partial charge in [-0.25, -0.2) is 4.39 Å². The molecule has 1 saturated heterocycles. The average Bonchev–Trinajstić information content (AvgIpc) is 3.23. The molecule has 2 aliphatic rings. The number of nitrogens with one attached hydrogen (secondary N) is 1. The van der Waals surface area contributed by atoms with E-state index in [9.17, 15) is 4.39 Å². The third kappa shape index (κ3) is 3.60. The molecule has 0 bridgehead atoms. The number of ether oxygens (including phenoxy) is 2. The Morgan fingerprint density at radius 2 is 1.44 bits per heavy atom. The summed E-state index contributed by atoms with van der Waals surface area (Å²) in [6, 6.07) is 19.3. The van der Waals surface area contributed by atoms with E-state index in [1.807, 2.05) is 60.7 Å². The minimum Gasteiger partial charge on any atom is -0.370 e. The van der Waals surface area contributed by atoms with Crippen molar-refractivity contribution in [3.8, 4) is 0 Å². The van der Waals surface area contributed by atoms with E-state index >= 15 is 0 Å². The van der Waals surface area contributed by atoms with Crippen molar-refractivity contribution in [2.75, 3.05) is 6.61 Å². The molecule has 2 aromatic rings. The summed E-state index contributed by atoms with van der Waals surface area (Å²) in [4.78, 5) is 5.25. The van der Waals surface area contributed by atoms with E-state index in [1.54, 1.807) is 0 Å². The Bertz CT molecular complexity index is 669. The quantitative estimate of drug-likeness (QED) is 0.875. The molecule has 1 heterocycles. The van der Waals surface area contributed by atoms with Gasteiger partial charge in [-0.2, -0.15) is 5.48 Å². The van der Waals surface area contributed by atoms with Crippen molar-refractivity contribution in [1.82, 2.24) is 5.48 Å². The van der Waals surface area contributed by atoms with Gasteiger partial charge in [0.1, 0.15) is 12.3 Å². The molecule has 0 aromatic heterocycles. The lowest BCUT2D eigenvalue weighted by Gasteiger charge is -2.25. The molecule has 0 amide bonds. The molecule has 1 N–H and O–H groups in total. The van der Waals surface area contributed by atoms with Gasteiger partial charge in [0.25, 0.3) is 0 Å². The highest BCUT2D eigenvalue weighted by Crippen LogP contribution is 2.37. The topological polar surface area (TPSA) is 39.7 Å². The van der Waals surface area contributed by atoms with Crippen LogP contribution in [0.1, 0.15) is 11.1 Å². The fourth-order valence-corrected chi connectivity index (χ4v) is 3.60. The summed E-state index contributed by atoms with van der Waals surface area (Å²) in [5, 5.41) is 0. The summed E-state index contributed by atoms with van der Waals surface area (Å²) in [6.07, 6.45) is -2.09. The molecule has 25 heavy (non-hydrogen) atoms. The first kappa shape index (κ1) is 16.7. The molecule has 5 atom stereocenters. The van der Waals surface area contributed by atoms with E-state index in [1.165, 1.54) is 0 Å². The summed E-state index contributed by atoms with van der Waals surface area (Å²) in [5.41, 5.74) is 4.88. The molecule has 132 valence electrons. The van der Waals surface area contributed by atoms with Gasteiger partial charge in [0, 0.05) is 5.92 Å². The third-order valence-electron chi connectivity index (χ3n) is 4.93. The summed E-state index contributed by atoms with van der Waals surface area (Å²) >= 11 is 0. The van der Waals surface area contributed by atoms with Crippen molar-refractivity contribution in [3.05, 3.63) is 71.8 Å². The predicted molar refractivity (Wildman–Crippen MR) is 91.3 cm³/mol. The van der Waals surface area contributed by atoms with Crippen molar-refractivity contribution in [2.24, 2.45) is 5.92 Å². The zero-order valence-electron chi connectivity index (χ0n) is 13.9. The van der Waals surface area contributed by atoms with Crippen LogP contribution in [0.3, 0.4) is 0 Å². The van der Waals surface area contributed by atoms with Crippen molar-refractivity contribution in [2.45, 2.75) is 37.6 Å². The molecular weight excluding hydrogens is 321 g/mol. The molecule has 1 saturated carbocycles. The maximum atomic E-state index is 14.9. The molecular formula is C20H22FNO3. The molecule has 4 rings (SSSR count). The van der Waals surface area contributed by atoms with Gasteiger partial charge in [-0.3, -0.25) is 0 Å². The number of benzene rings is 2. The standard InChI is InChI=1S/C20H22FNO3/c21-17-18-16(13-25-22-18)19(23-11-14-7-3-1-4-8-14)20(17)24-12-15-9-5-2-6-10-15/h1-10,16-20,22H,11-13H2/t16-,17-,18+,19+,20+/m0/s1. The summed E-state index contributed by atoms with van der Waals surface area (Å²) in [5.74, 6) is -0.0421. The van der Waals surface area contributed by atoms with Crippen LogP contribution in [0.15, 0.2) is 60.7 Å². The highest BCUT2D eigenvalue weighted by atomic mass is 19.1. The second-order valence-corrected chi connectivity index (χ2v) is 6.59. The van der Waals surface area contributed by atoms with Crippen LogP contribution in [0, 0.1) is 5.92 Å². The summed E-state index contributed by atoms with van der Waals surface area (Å²) in [7, 11) is 0. The number of halogens is 1. The van der Waals surface area contributed by atoms with Gasteiger partial charge in [0.15, 0.2) is 0 Å². The zero-order valence-corrected chi connectivity index (χ0v) is 13.9. The van der Waals surface area contributed by atoms with Crippen molar-refractivity contribution >= 4 is 0 Å². The molecule has 2 aromatic carbocycles. The molecule has 2 fully saturated rings. The maximum Gasteiger partial charge on any atom is 0.147 e. The second kappa shape index (κ2) is 7.62. The van der Waals surface area contributed by atoms with Crippen LogP contribution < -0.4 is 5.48 Å². The fourth-order valence-electron chi connectivity index (χ4n) is 3.60. The lowest BCUT2D eigenvalue weighted by molar-refractivity contribution is -0.110. The Balaban J connectivity index is 1.44. The van der Waals surface area contributed by atoms with Crippen LogP contribution in [-0.2, 0) is 27.5 Å². The highest BCUT2D eigenvalue weighted by molar-refractivity contribution is 5.15. The van der Waals surface area contributed by atoms with Crippen LogP contribution in [0.4, 0.5) is 4.39 Å². The minimum atomic E-state index is -1.16. The largest absolute Gasteiger partial charge is 0.370 e. The van der Waals surface area contributed by atoms with Crippen molar-refractivity contribution < 1.29 is 18.7 Å². The van der Waals surface area contributed by atoms with Gasteiger partial charge < -0.3 is 14.3 Å².